The molecule has 1 unspecified atom stereocenters. The number of aliphatic hydroxyl groups is 1. The van der Waals surface area contributed by atoms with Gasteiger partial charge in [0, 0.05) is 12.7 Å². The normalized spacial score (nSPS) is 12.5. The van der Waals surface area contributed by atoms with Crippen LogP contribution in [-0.2, 0) is 16.6 Å². The van der Waals surface area contributed by atoms with Crippen molar-refractivity contribution in [3.63, 3.8) is 0 Å². The van der Waals surface area contributed by atoms with Gasteiger partial charge in [-0.2, -0.15) is 0 Å². The van der Waals surface area contributed by atoms with E-state index < -0.39 is 12.1 Å². The van der Waals surface area contributed by atoms with Gasteiger partial charge in [-0.1, -0.05) is 0 Å². The van der Waals surface area contributed by atoms with Crippen LogP contribution in [0.1, 0.15) is 30.8 Å². The molecule has 0 spiro atoms. The first-order chi connectivity index (χ1) is 7.06. The first kappa shape index (κ1) is 11.7. The summed E-state index contributed by atoms with van der Waals surface area (Å²) in [7, 11) is 1.84. The molecule has 0 bridgehead atoms. The van der Waals surface area contributed by atoms with Gasteiger partial charge in [0.05, 0.1) is 25.0 Å². The van der Waals surface area contributed by atoms with Gasteiger partial charge in [-0.05, 0) is 13.8 Å². The number of hydrogen-bond donors (Lipinski definition) is 1. The van der Waals surface area contributed by atoms with E-state index in [1.165, 1.54) is 0 Å². The second-order valence-corrected chi connectivity index (χ2v) is 3.35. The summed E-state index contributed by atoms with van der Waals surface area (Å²) in [6.45, 7) is 3.90. The zero-order valence-corrected chi connectivity index (χ0v) is 9.23. The number of aryl methyl sites for hydroxylation is 1. The average Bonchev–Trinajstić information content (AvgIpc) is 2.48. The highest BCUT2D eigenvalue weighted by Gasteiger charge is 2.18. The van der Waals surface area contributed by atoms with Gasteiger partial charge in [0.25, 0.3) is 0 Å². The van der Waals surface area contributed by atoms with Gasteiger partial charge in [-0.25, -0.2) is 4.98 Å². The molecule has 1 heterocycles. The molecule has 1 aromatic rings. The smallest absolute Gasteiger partial charge is 0.308 e. The number of aliphatic hydroxyl groups excluding tert-OH is 1. The second kappa shape index (κ2) is 4.93. The maximum atomic E-state index is 11.1. The predicted octanol–water partition coefficient (Wildman–Crippen LogP) is 0.715. The molecule has 84 valence electrons. The van der Waals surface area contributed by atoms with Crippen LogP contribution >= 0.6 is 0 Å². The number of hydrogen-bond acceptors (Lipinski definition) is 4. The highest BCUT2D eigenvalue weighted by atomic mass is 16.5. The summed E-state index contributed by atoms with van der Waals surface area (Å²) in [5.41, 5.74) is 1.39. The summed E-state index contributed by atoms with van der Waals surface area (Å²) in [5.74, 6) is -0.407. The molecule has 0 aliphatic heterocycles. The monoisotopic (exact) mass is 212 g/mol. The number of rotatable bonds is 4. The van der Waals surface area contributed by atoms with Crippen molar-refractivity contribution in [1.29, 1.82) is 0 Å². The molecule has 0 aliphatic rings. The van der Waals surface area contributed by atoms with Crippen molar-refractivity contribution in [2.24, 2.45) is 7.05 Å². The number of imidazole rings is 1. The SMILES string of the molecule is CCOC(=O)CC(O)c1ncn(C)c1C. The van der Waals surface area contributed by atoms with Gasteiger partial charge in [0.15, 0.2) is 0 Å². The fraction of sp³-hybridized carbons (Fsp3) is 0.600. The van der Waals surface area contributed by atoms with E-state index >= 15 is 0 Å². The third kappa shape index (κ3) is 2.79. The van der Waals surface area contributed by atoms with Crippen molar-refractivity contribution in [3.05, 3.63) is 17.7 Å². The maximum Gasteiger partial charge on any atom is 0.308 e. The summed E-state index contributed by atoms with van der Waals surface area (Å²) in [5, 5.41) is 9.74. The molecule has 0 aliphatic carbocycles. The van der Waals surface area contributed by atoms with E-state index in [1.54, 1.807) is 17.8 Å². The molecule has 1 aromatic heterocycles. The Morgan fingerprint density at radius 3 is 2.87 bits per heavy atom. The van der Waals surface area contributed by atoms with Gasteiger partial charge < -0.3 is 14.4 Å². The maximum absolute atomic E-state index is 11.1. The Hall–Kier alpha value is -1.36. The Morgan fingerprint density at radius 1 is 1.73 bits per heavy atom. The lowest BCUT2D eigenvalue weighted by Gasteiger charge is -2.08. The Labute approximate surface area is 88.7 Å². The number of ether oxygens (including phenoxy) is 1. The summed E-state index contributed by atoms with van der Waals surface area (Å²) >= 11 is 0. The van der Waals surface area contributed by atoms with E-state index in [0.717, 1.165) is 5.69 Å². The van der Waals surface area contributed by atoms with E-state index in [9.17, 15) is 9.90 Å². The molecule has 1 atom stereocenters. The quantitative estimate of drug-likeness (QED) is 0.747. The molecular weight excluding hydrogens is 196 g/mol. The topological polar surface area (TPSA) is 64.3 Å². The molecule has 0 saturated heterocycles. The summed E-state index contributed by atoms with van der Waals surface area (Å²) in [4.78, 5) is 15.2. The molecule has 1 rings (SSSR count). The average molecular weight is 212 g/mol. The fourth-order valence-electron chi connectivity index (χ4n) is 1.31. The van der Waals surface area contributed by atoms with Gasteiger partial charge in [0.1, 0.15) is 6.10 Å². The predicted molar refractivity (Wildman–Crippen MR) is 54.2 cm³/mol. The summed E-state index contributed by atoms with van der Waals surface area (Å²) in [6.07, 6.45) is 0.676. The van der Waals surface area contributed by atoms with Crippen LogP contribution in [0.3, 0.4) is 0 Å². The molecule has 15 heavy (non-hydrogen) atoms. The van der Waals surface area contributed by atoms with Crippen LogP contribution in [0.4, 0.5) is 0 Å². The molecule has 0 amide bonds. The Morgan fingerprint density at radius 2 is 2.40 bits per heavy atom. The summed E-state index contributed by atoms with van der Waals surface area (Å²) in [6, 6.07) is 0. The first-order valence-electron chi connectivity index (χ1n) is 4.87. The number of aromatic nitrogens is 2. The van der Waals surface area contributed by atoms with Crippen LogP contribution in [0, 0.1) is 6.92 Å². The zero-order valence-electron chi connectivity index (χ0n) is 9.23. The molecular formula is C10H16N2O3. The molecule has 0 radical (unpaired) electrons. The van der Waals surface area contributed by atoms with Crippen molar-refractivity contribution in [2.45, 2.75) is 26.4 Å². The standard InChI is InChI=1S/C10H16N2O3/c1-4-15-9(14)5-8(13)10-7(2)12(3)6-11-10/h6,8,13H,4-5H2,1-3H3. The molecule has 5 heteroatoms. The van der Waals surface area contributed by atoms with E-state index in [-0.39, 0.29) is 6.42 Å². The fourth-order valence-corrected chi connectivity index (χ4v) is 1.31. The van der Waals surface area contributed by atoms with Crippen molar-refractivity contribution in [3.8, 4) is 0 Å². The van der Waals surface area contributed by atoms with Gasteiger partial charge in [-0.3, -0.25) is 4.79 Å². The van der Waals surface area contributed by atoms with Gasteiger partial charge in [-0.15, -0.1) is 0 Å². The Balaban J connectivity index is 2.65. The molecule has 0 saturated carbocycles. The van der Waals surface area contributed by atoms with Crippen molar-refractivity contribution in [1.82, 2.24) is 9.55 Å². The zero-order chi connectivity index (χ0) is 11.4. The molecule has 0 fully saturated rings. The minimum Gasteiger partial charge on any atom is -0.466 e. The third-order valence-electron chi connectivity index (χ3n) is 2.25. The van der Waals surface area contributed by atoms with Crippen LogP contribution in [0.15, 0.2) is 6.33 Å². The number of nitrogens with zero attached hydrogens (tertiary/aromatic N) is 2. The molecule has 5 nitrogen and oxygen atoms in total. The number of esters is 1. The van der Waals surface area contributed by atoms with Crippen LogP contribution in [0.2, 0.25) is 0 Å². The molecule has 0 aromatic carbocycles. The minimum atomic E-state index is -0.884. The van der Waals surface area contributed by atoms with Gasteiger partial charge >= 0.3 is 5.97 Å². The van der Waals surface area contributed by atoms with E-state index in [2.05, 4.69) is 4.98 Å². The van der Waals surface area contributed by atoms with E-state index in [1.807, 2.05) is 14.0 Å². The lowest BCUT2D eigenvalue weighted by molar-refractivity contribution is -0.145. The molecule has 1 N–H and O–H groups in total. The second-order valence-electron chi connectivity index (χ2n) is 3.35. The number of carbonyl (C=O) groups excluding carboxylic acids is 1. The van der Waals surface area contributed by atoms with E-state index in [4.69, 9.17) is 4.74 Å². The lowest BCUT2D eigenvalue weighted by Crippen LogP contribution is -2.11. The Bertz CT molecular complexity index is 346. The van der Waals surface area contributed by atoms with Crippen LogP contribution < -0.4 is 0 Å². The minimum absolute atomic E-state index is 0.0499. The van der Waals surface area contributed by atoms with E-state index in [0.29, 0.717) is 12.3 Å². The third-order valence-corrected chi connectivity index (χ3v) is 2.25. The highest BCUT2D eigenvalue weighted by molar-refractivity contribution is 5.70. The first-order valence-corrected chi connectivity index (χ1v) is 4.87. The van der Waals surface area contributed by atoms with Crippen molar-refractivity contribution in [2.75, 3.05) is 6.61 Å². The van der Waals surface area contributed by atoms with Crippen molar-refractivity contribution >= 4 is 5.97 Å². The summed E-state index contributed by atoms with van der Waals surface area (Å²) < 4.78 is 6.54. The van der Waals surface area contributed by atoms with Crippen LogP contribution in [-0.4, -0.2) is 27.2 Å². The highest BCUT2D eigenvalue weighted by Crippen LogP contribution is 2.18. The number of carbonyl (C=O) groups is 1. The Kier molecular flexibility index (Phi) is 3.85. The van der Waals surface area contributed by atoms with Gasteiger partial charge in [0.2, 0.25) is 0 Å². The van der Waals surface area contributed by atoms with Crippen LogP contribution in [0.25, 0.3) is 0 Å². The lowest BCUT2D eigenvalue weighted by atomic mass is 10.1. The van der Waals surface area contributed by atoms with Crippen molar-refractivity contribution < 1.29 is 14.6 Å². The van der Waals surface area contributed by atoms with Crippen LogP contribution in [0.5, 0.6) is 0 Å². The largest absolute Gasteiger partial charge is 0.466 e.